The van der Waals surface area contributed by atoms with E-state index < -0.39 is 0 Å². The predicted molar refractivity (Wildman–Crippen MR) is 47.3 cm³/mol. The molecule has 1 fully saturated rings. The van der Waals surface area contributed by atoms with Crippen LogP contribution < -0.4 is 0 Å². The monoisotopic (exact) mass is 185 g/mol. The minimum atomic E-state index is 0.496. The predicted octanol–water partition coefficient (Wildman–Crippen LogP) is 2.36. The fourth-order valence-electron chi connectivity index (χ4n) is 1.68. The average Bonchev–Trinajstić information content (AvgIpc) is 2.61. The third-order valence-electron chi connectivity index (χ3n) is 2.39. The Balaban J connectivity index is 2.21. The van der Waals surface area contributed by atoms with Crippen molar-refractivity contribution >= 4 is 11.6 Å². The second-order valence-electron chi connectivity index (χ2n) is 3.33. The summed E-state index contributed by atoms with van der Waals surface area (Å²) in [5.41, 5.74) is 0.837. The molecule has 3 nitrogen and oxygen atoms in total. The first-order valence-corrected chi connectivity index (χ1v) is 4.74. The van der Waals surface area contributed by atoms with Crippen molar-refractivity contribution in [2.24, 2.45) is 0 Å². The van der Waals surface area contributed by atoms with Crippen molar-refractivity contribution in [3.8, 4) is 0 Å². The van der Waals surface area contributed by atoms with Crippen molar-refractivity contribution in [3.05, 3.63) is 10.8 Å². The molecule has 0 radical (unpaired) electrons. The van der Waals surface area contributed by atoms with Crippen molar-refractivity contribution in [2.45, 2.75) is 38.6 Å². The number of aryl methyl sites for hydroxylation is 1. The van der Waals surface area contributed by atoms with Gasteiger partial charge in [0.25, 0.3) is 0 Å². The lowest BCUT2D eigenvalue weighted by atomic mass is 10.3. The van der Waals surface area contributed by atoms with Crippen molar-refractivity contribution in [3.63, 3.8) is 0 Å². The summed E-state index contributed by atoms with van der Waals surface area (Å²) in [5, 5.41) is 8.97. The Kier molecular flexibility index (Phi) is 2.05. The van der Waals surface area contributed by atoms with Crippen molar-refractivity contribution < 1.29 is 0 Å². The molecule has 0 saturated heterocycles. The van der Waals surface area contributed by atoms with Crippen LogP contribution in [0.4, 0.5) is 0 Å². The van der Waals surface area contributed by atoms with Gasteiger partial charge in [0.2, 0.25) is 0 Å². The third kappa shape index (κ3) is 1.33. The second kappa shape index (κ2) is 3.05. The molecule has 0 atom stereocenters. The Bertz CT molecular complexity index is 256. The lowest BCUT2D eigenvalue weighted by Crippen LogP contribution is -2.08. The largest absolute Gasteiger partial charge is 0.180 e. The van der Waals surface area contributed by atoms with Crippen LogP contribution in [-0.4, -0.2) is 15.0 Å². The van der Waals surface area contributed by atoms with Crippen LogP contribution in [-0.2, 0) is 0 Å². The molecule has 0 aromatic carbocycles. The summed E-state index contributed by atoms with van der Waals surface area (Å²) in [4.78, 5) is 1.78. The van der Waals surface area contributed by atoms with Crippen LogP contribution >= 0.6 is 11.6 Å². The minimum absolute atomic E-state index is 0.496. The van der Waals surface area contributed by atoms with Crippen LogP contribution in [0.25, 0.3) is 0 Å². The third-order valence-corrected chi connectivity index (χ3v) is 2.74. The Morgan fingerprint density at radius 3 is 2.50 bits per heavy atom. The van der Waals surface area contributed by atoms with Gasteiger partial charge in [0.15, 0.2) is 5.15 Å². The van der Waals surface area contributed by atoms with Gasteiger partial charge in [-0.15, -0.1) is 5.10 Å². The van der Waals surface area contributed by atoms with E-state index in [2.05, 4.69) is 10.2 Å². The summed E-state index contributed by atoms with van der Waals surface area (Å²) in [5.74, 6) is 0. The molecule has 1 heterocycles. The molecule has 1 aromatic rings. The van der Waals surface area contributed by atoms with Gasteiger partial charge in [-0.05, 0) is 19.8 Å². The maximum atomic E-state index is 5.81. The van der Waals surface area contributed by atoms with E-state index in [9.17, 15) is 0 Å². The number of hydrogen-bond acceptors (Lipinski definition) is 2. The number of nitrogens with zero attached hydrogens (tertiary/aromatic N) is 3. The SMILES string of the molecule is Cc1nn(C2CCCC2)nc1Cl. The number of hydrogen-bond donors (Lipinski definition) is 0. The molecule has 1 aliphatic rings. The van der Waals surface area contributed by atoms with Crippen LogP contribution in [0.5, 0.6) is 0 Å². The zero-order valence-electron chi connectivity index (χ0n) is 7.13. The van der Waals surface area contributed by atoms with Crippen LogP contribution in [0, 0.1) is 6.92 Å². The first kappa shape index (κ1) is 8.05. The summed E-state index contributed by atoms with van der Waals surface area (Å²) in [6, 6.07) is 0.496. The Morgan fingerprint density at radius 2 is 2.00 bits per heavy atom. The Hall–Kier alpha value is -0.570. The lowest BCUT2D eigenvalue weighted by Gasteiger charge is -2.05. The molecule has 12 heavy (non-hydrogen) atoms. The number of halogens is 1. The molecule has 0 N–H and O–H groups in total. The molecule has 66 valence electrons. The maximum absolute atomic E-state index is 5.81. The van der Waals surface area contributed by atoms with Crippen LogP contribution in [0.15, 0.2) is 0 Å². The van der Waals surface area contributed by atoms with E-state index in [1.54, 1.807) is 4.80 Å². The van der Waals surface area contributed by atoms with Gasteiger partial charge in [-0.3, -0.25) is 0 Å². The number of aromatic nitrogens is 3. The zero-order valence-corrected chi connectivity index (χ0v) is 7.88. The van der Waals surface area contributed by atoms with Crippen molar-refractivity contribution in [1.29, 1.82) is 0 Å². The standard InChI is InChI=1S/C8H12ClN3/c1-6-8(9)11-12(10-6)7-4-2-3-5-7/h7H,2-5H2,1H3. The molecule has 2 rings (SSSR count). The quantitative estimate of drug-likeness (QED) is 0.673. The fourth-order valence-corrected chi connectivity index (χ4v) is 1.79. The van der Waals surface area contributed by atoms with Gasteiger partial charge < -0.3 is 0 Å². The highest BCUT2D eigenvalue weighted by atomic mass is 35.5. The fraction of sp³-hybridized carbons (Fsp3) is 0.750. The van der Waals surface area contributed by atoms with Gasteiger partial charge in [-0.25, -0.2) is 0 Å². The summed E-state index contributed by atoms with van der Waals surface area (Å²) in [6.45, 7) is 1.89. The molecular weight excluding hydrogens is 174 g/mol. The van der Waals surface area contributed by atoms with E-state index in [0.29, 0.717) is 11.2 Å². The highest BCUT2D eigenvalue weighted by Crippen LogP contribution is 2.28. The summed E-state index contributed by atoms with van der Waals surface area (Å²) < 4.78 is 0. The highest BCUT2D eigenvalue weighted by Gasteiger charge is 2.19. The molecular formula is C8H12ClN3. The van der Waals surface area contributed by atoms with E-state index in [-0.39, 0.29) is 0 Å². The van der Waals surface area contributed by atoms with Crippen molar-refractivity contribution in [2.75, 3.05) is 0 Å². The summed E-state index contributed by atoms with van der Waals surface area (Å²) >= 11 is 5.81. The second-order valence-corrected chi connectivity index (χ2v) is 3.69. The lowest BCUT2D eigenvalue weighted by molar-refractivity contribution is 0.412. The molecule has 1 saturated carbocycles. The van der Waals surface area contributed by atoms with E-state index in [1.165, 1.54) is 25.7 Å². The van der Waals surface area contributed by atoms with Gasteiger partial charge >= 0.3 is 0 Å². The van der Waals surface area contributed by atoms with Crippen LogP contribution in [0.2, 0.25) is 5.15 Å². The highest BCUT2D eigenvalue weighted by molar-refractivity contribution is 6.29. The molecule has 1 aromatic heterocycles. The van der Waals surface area contributed by atoms with Crippen LogP contribution in [0.3, 0.4) is 0 Å². The molecule has 0 unspecified atom stereocenters. The van der Waals surface area contributed by atoms with E-state index in [4.69, 9.17) is 11.6 Å². The molecule has 0 aliphatic heterocycles. The normalized spacial score (nSPS) is 18.8. The average molecular weight is 186 g/mol. The molecule has 0 amide bonds. The van der Waals surface area contributed by atoms with Crippen LogP contribution in [0.1, 0.15) is 37.4 Å². The molecule has 4 heteroatoms. The maximum Gasteiger partial charge on any atom is 0.174 e. The van der Waals surface area contributed by atoms with Gasteiger partial charge in [0.05, 0.1) is 11.7 Å². The smallest absolute Gasteiger partial charge is 0.174 e. The van der Waals surface area contributed by atoms with Crippen molar-refractivity contribution in [1.82, 2.24) is 15.0 Å². The molecule has 1 aliphatic carbocycles. The van der Waals surface area contributed by atoms with Gasteiger partial charge in [0.1, 0.15) is 0 Å². The van der Waals surface area contributed by atoms with E-state index >= 15 is 0 Å². The minimum Gasteiger partial charge on any atom is -0.180 e. The molecule has 0 spiro atoms. The Labute approximate surface area is 76.7 Å². The first-order chi connectivity index (χ1) is 5.77. The topological polar surface area (TPSA) is 30.7 Å². The summed E-state index contributed by atoms with van der Waals surface area (Å²) in [7, 11) is 0. The first-order valence-electron chi connectivity index (χ1n) is 4.36. The number of rotatable bonds is 1. The van der Waals surface area contributed by atoms with Gasteiger partial charge in [-0.1, -0.05) is 24.4 Å². The zero-order chi connectivity index (χ0) is 8.55. The summed E-state index contributed by atoms with van der Waals surface area (Å²) in [6.07, 6.45) is 4.99. The molecule has 0 bridgehead atoms. The van der Waals surface area contributed by atoms with Gasteiger partial charge in [0, 0.05) is 0 Å². The Morgan fingerprint density at radius 1 is 1.33 bits per heavy atom. The van der Waals surface area contributed by atoms with E-state index in [0.717, 1.165) is 5.69 Å². The van der Waals surface area contributed by atoms with E-state index in [1.807, 2.05) is 6.92 Å². The van der Waals surface area contributed by atoms with Gasteiger partial charge in [-0.2, -0.15) is 9.90 Å².